The Morgan fingerprint density at radius 1 is 1.13 bits per heavy atom. The van der Waals surface area contributed by atoms with E-state index in [1.165, 1.54) is 18.4 Å². The molecule has 0 unspecified atom stereocenters. The van der Waals surface area contributed by atoms with Crippen LogP contribution in [0.15, 0.2) is 46.9 Å². The second-order valence-corrected chi connectivity index (χ2v) is 9.11. The molecule has 5 nitrogen and oxygen atoms in total. The van der Waals surface area contributed by atoms with Crippen molar-refractivity contribution in [2.75, 3.05) is 6.54 Å². The third kappa shape index (κ3) is 3.60. The Morgan fingerprint density at radius 3 is 2.71 bits per heavy atom. The number of fused-ring (bicyclic) bond motifs is 3. The van der Waals surface area contributed by atoms with Crippen molar-refractivity contribution in [2.45, 2.75) is 63.8 Å². The van der Waals surface area contributed by atoms with E-state index in [0.717, 1.165) is 61.2 Å². The van der Waals surface area contributed by atoms with Crippen LogP contribution in [0.5, 0.6) is 0 Å². The number of allylic oxidation sites excluding steroid dienone is 1. The number of aryl methyl sites for hydroxylation is 1. The van der Waals surface area contributed by atoms with Gasteiger partial charge in [-0.05, 0) is 51.0 Å². The van der Waals surface area contributed by atoms with Gasteiger partial charge in [0, 0.05) is 42.1 Å². The number of rotatable bonds is 5. The van der Waals surface area contributed by atoms with E-state index in [2.05, 4.69) is 11.4 Å². The molecule has 2 heterocycles. The minimum atomic E-state index is -0.0792. The second-order valence-electron chi connectivity index (χ2n) is 9.11. The summed E-state index contributed by atoms with van der Waals surface area (Å²) in [4.78, 5) is 26.9. The number of hydrogen-bond donors (Lipinski definition) is 1. The van der Waals surface area contributed by atoms with Crippen LogP contribution in [0.1, 0.15) is 74.2 Å². The number of hydrogen-bond acceptors (Lipinski definition) is 2. The summed E-state index contributed by atoms with van der Waals surface area (Å²) in [5.74, 6) is -0.0792. The van der Waals surface area contributed by atoms with Crippen molar-refractivity contribution in [3.63, 3.8) is 0 Å². The van der Waals surface area contributed by atoms with Crippen molar-refractivity contribution in [1.29, 1.82) is 0 Å². The van der Waals surface area contributed by atoms with Gasteiger partial charge in [0.1, 0.15) is 5.52 Å². The second kappa shape index (κ2) is 8.37. The fraction of sp³-hybridized carbons (Fsp3) is 0.462. The van der Waals surface area contributed by atoms with E-state index in [4.69, 9.17) is 0 Å². The smallest absolute Gasteiger partial charge is 0.275 e. The number of aromatic nitrogens is 2. The number of pyridine rings is 1. The molecule has 3 aromatic rings. The predicted molar refractivity (Wildman–Crippen MR) is 126 cm³/mol. The zero-order valence-corrected chi connectivity index (χ0v) is 18.3. The van der Waals surface area contributed by atoms with Crippen molar-refractivity contribution in [1.82, 2.24) is 14.5 Å². The molecule has 1 N–H and O–H groups in total. The first-order valence-electron chi connectivity index (χ1n) is 11.7. The molecule has 2 aromatic heterocycles. The summed E-state index contributed by atoms with van der Waals surface area (Å²) in [6.45, 7) is 0.638. The number of para-hydroxylation sites is 1. The fourth-order valence-corrected chi connectivity index (χ4v) is 5.49. The molecule has 0 radical (unpaired) electrons. The first-order valence-corrected chi connectivity index (χ1v) is 11.7. The molecule has 31 heavy (non-hydrogen) atoms. The zero-order chi connectivity index (χ0) is 21.4. The first kappa shape index (κ1) is 20.1. The highest BCUT2D eigenvalue weighted by Crippen LogP contribution is 2.33. The van der Waals surface area contributed by atoms with E-state index in [1.54, 1.807) is 0 Å². The van der Waals surface area contributed by atoms with Crippen LogP contribution in [0, 0.1) is 0 Å². The fourth-order valence-electron chi connectivity index (χ4n) is 5.49. The number of carbonyl (C=O) groups excluding carboxylic acids is 1. The molecule has 2 aliphatic rings. The van der Waals surface area contributed by atoms with Gasteiger partial charge >= 0.3 is 0 Å². The molecule has 0 bridgehead atoms. The van der Waals surface area contributed by atoms with Gasteiger partial charge in [0.15, 0.2) is 0 Å². The maximum atomic E-state index is 13.5. The normalized spacial score (nSPS) is 17.4. The van der Waals surface area contributed by atoms with Crippen LogP contribution in [-0.4, -0.2) is 21.6 Å². The van der Waals surface area contributed by atoms with Crippen LogP contribution >= 0.6 is 0 Å². The van der Waals surface area contributed by atoms with Gasteiger partial charge in [0.25, 0.3) is 11.5 Å². The van der Waals surface area contributed by atoms with E-state index in [-0.39, 0.29) is 17.5 Å². The van der Waals surface area contributed by atoms with E-state index in [9.17, 15) is 9.59 Å². The lowest BCUT2D eigenvalue weighted by atomic mass is 9.97. The number of amides is 1. The molecule has 0 atom stereocenters. The van der Waals surface area contributed by atoms with Crippen LogP contribution in [-0.2, 0) is 7.05 Å². The van der Waals surface area contributed by atoms with Gasteiger partial charge in [-0.15, -0.1) is 0 Å². The third-order valence-electron chi connectivity index (χ3n) is 7.16. The molecule has 1 amide bonds. The molecule has 0 aliphatic heterocycles. The monoisotopic (exact) mass is 417 g/mol. The topological polar surface area (TPSA) is 56.0 Å². The highest BCUT2D eigenvalue weighted by molar-refractivity contribution is 6.17. The van der Waals surface area contributed by atoms with Crippen LogP contribution in [0.3, 0.4) is 0 Å². The Bertz CT molecular complexity index is 1220. The molecule has 0 saturated heterocycles. The zero-order valence-electron chi connectivity index (χ0n) is 18.3. The summed E-state index contributed by atoms with van der Waals surface area (Å²) in [5, 5.41) is 4.90. The summed E-state index contributed by atoms with van der Waals surface area (Å²) < 4.78 is 3.80. The van der Waals surface area contributed by atoms with E-state index >= 15 is 0 Å². The van der Waals surface area contributed by atoms with Gasteiger partial charge < -0.3 is 14.5 Å². The molecule has 1 fully saturated rings. The van der Waals surface area contributed by atoms with Crippen molar-refractivity contribution >= 4 is 27.7 Å². The van der Waals surface area contributed by atoms with Crippen LogP contribution < -0.4 is 10.9 Å². The third-order valence-corrected chi connectivity index (χ3v) is 7.16. The SMILES string of the molecule is Cn1c2ccccc2c2c(C(=O)NCCC3=CCCCC3)cn(C3CCCC3)c(=O)c21. The number of benzene rings is 1. The molecular formula is C26H31N3O2. The average molecular weight is 418 g/mol. The van der Waals surface area contributed by atoms with Crippen LogP contribution in [0.2, 0.25) is 0 Å². The Hall–Kier alpha value is -2.82. The Labute approximate surface area is 182 Å². The molecule has 0 spiro atoms. The van der Waals surface area contributed by atoms with E-state index in [0.29, 0.717) is 17.6 Å². The van der Waals surface area contributed by atoms with Crippen LogP contribution in [0.25, 0.3) is 21.8 Å². The molecule has 5 rings (SSSR count). The summed E-state index contributed by atoms with van der Waals surface area (Å²) in [6, 6.07) is 8.18. The Balaban J connectivity index is 1.57. The summed E-state index contributed by atoms with van der Waals surface area (Å²) >= 11 is 0. The summed E-state index contributed by atoms with van der Waals surface area (Å²) in [6.07, 6.45) is 14.2. The molecule has 5 heteroatoms. The number of carbonyl (C=O) groups is 1. The average Bonchev–Trinajstić information content (AvgIpc) is 3.43. The highest BCUT2D eigenvalue weighted by Gasteiger charge is 2.25. The van der Waals surface area contributed by atoms with Gasteiger partial charge in [-0.25, -0.2) is 0 Å². The predicted octanol–water partition coefficient (Wildman–Crippen LogP) is 5.23. The lowest BCUT2D eigenvalue weighted by molar-refractivity contribution is 0.0955. The highest BCUT2D eigenvalue weighted by atomic mass is 16.2. The largest absolute Gasteiger partial charge is 0.352 e. The minimum Gasteiger partial charge on any atom is -0.352 e. The quantitative estimate of drug-likeness (QED) is 0.578. The van der Waals surface area contributed by atoms with Crippen molar-refractivity contribution in [3.8, 4) is 0 Å². The summed E-state index contributed by atoms with van der Waals surface area (Å²) in [7, 11) is 1.93. The van der Waals surface area contributed by atoms with Gasteiger partial charge in [0.2, 0.25) is 0 Å². The lowest BCUT2D eigenvalue weighted by Gasteiger charge is -2.17. The van der Waals surface area contributed by atoms with Crippen LogP contribution in [0.4, 0.5) is 0 Å². The standard InChI is InChI=1S/C26H31N3O2/c1-28-22-14-8-7-13-20(22)23-21(25(30)27-16-15-18-9-3-2-4-10-18)17-29(26(31)24(23)28)19-11-5-6-12-19/h7-9,13-14,17,19H,2-6,10-12,15-16H2,1H3,(H,27,30). The maximum Gasteiger partial charge on any atom is 0.275 e. The van der Waals surface area contributed by atoms with Gasteiger partial charge in [-0.1, -0.05) is 42.7 Å². The molecule has 1 aromatic carbocycles. The van der Waals surface area contributed by atoms with Crippen molar-refractivity contribution in [3.05, 3.63) is 58.0 Å². The molecule has 162 valence electrons. The maximum absolute atomic E-state index is 13.5. The molecule has 1 saturated carbocycles. The Kier molecular flexibility index (Phi) is 5.43. The summed E-state index contributed by atoms with van der Waals surface area (Å²) in [5.41, 5.74) is 3.72. The lowest BCUT2D eigenvalue weighted by Crippen LogP contribution is -2.30. The molecular weight excluding hydrogens is 386 g/mol. The first-order chi connectivity index (χ1) is 15.1. The van der Waals surface area contributed by atoms with Crippen molar-refractivity contribution < 1.29 is 4.79 Å². The van der Waals surface area contributed by atoms with Gasteiger partial charge in [-0.3, -0.25) is 9.59 Å². The Morgan fingerprint density at radius 2 is 1.94 bits per heavy atom. The number of nitrogens with one attached hydrogen (secondary N) is 1. The van der Waals surface area contributed by atoms with E-state index < -0.39 is 0 Å². The van der Waals surface area contributed by atoms with Gasteiger partial charge in [-0.2, -0.15) is 0 Å². The van der Waals surface area contributed by atoms with Crippen molar-refractivity contribution in [2.24, 2.45) is 7.05 Å². The number of nitrogens with zero attached hydrogens (tertiary/aromatic N) is 2. The van der Waals surface area contributed by atoms with E-state index in [1.807, 2.05) is 46.6 Å². The minimum absolute atomic E-state index is 0.0181. The molecule has 2 aliphatic carbocycles. The van der Waals surface area contributed by atoms with Gasteiger partial charge in [0.05, 0.1) is 5.56 Å².